The number of benzene rings is 1. The van der Waals surface area contributed by atoms with Gasteiger partial charge in [0, 0.05) is 23.2 Å². The normalized spacial score (nSPS) is 45.5. The summed E-state index contributed by atoms with van der Waals surface area (Å²) in [5.41, 5.74) is -5.18. The van der Waals surface area contributed by atoms with E-state index in [-0.39, 0.29) is 30.1 Å². The van der Waals surface area contributed by atoms with Crippen LogP contribution >= 0.6 is 0 Å². The van der Waals surface area contributed by atoms with Crippen molar-refractivity contribution in [1.82, 2.24) is 0 Å². The van der Waals surface area contributed by atoms with Crippen LogP contribution in [0.4, 0.5) is 0 Å². The summed E-state index contributed by atoms with van der Waals surface area (Å²) in [7, 11) is 0. The molecule has 9 unspecified atom stereocenters. The number of aliphatic hydroxyl groups is 4. The van der Waals surface area contributed by atoms with E-state index in [0.29, 0.717) is 12.0 Å². The van der Waals surface area contributed by atoms with E-state index in [1.54, 1.807) is 58.0 Å². The zero-order chi connectivity index (χ0) is 26.4. The molecular weight excluding hydrogens is 464 g/mol. The van der Waals surface area contributed by atoms with Crippen molar-refractivity contribution in [3.05, 3.63) is 47.0 Å². The Morgan fingerprint density at radius 3 is 2.33 bits per heavy atom. The van der Waals surface area contributed by atoms with Gasteiger partial charge in [-0.25, -0.2) is 4.79 Å². The first-order valence-corrected chi connectivity index (χ1v) is 12.6. The van der Waals surface area contributed by atoms with E-state index in [1.807, 2.05) is 6.92 Å². The molecule has 0 amide bonds. The summed E-state index contributed by atoms with van der Waals surface area (Å²) >= 11 is 0. The highest BCUT2D eigenvalue weighted by molar-refractivity contribution is 5.93. The Morgan fingerprint density at radius 1 is 1.11 bits per heavy atom. The van der Waals surface area contributed by atoms with Crippen molar-refractivity contribution in [1.29, 1.82) is 0 Å². The molecule has 9 atom stereocenters. The molecule has 1 aromatic carbocycles. The Labute approximate surface area is 210 Å². The van der Waals surface area contributed by atoms with Crippen LogP contribution in [0, 0.1) is 22.7 Å². The van der Waals surface area contributed by atoms with E-state index in [9.17, 15) is 30.0 Å². The molecule has 3 fully saturated rings. The molecule has 2 bridgehead atoms. The largest absolute Gasteiger partial charge is 0.455 e. The van der Waals surface area contributed by atoms with Gasteiger partial charge >= 0.3 is 5.97 Å². The molecule has 4 aliphatic rings. The minimum Gasteiger partial charge on any atom is -0.455 e. The topological polar surface area (TPSA) is 134 Å². The number of carbonyl (C=O) groups excluding carboxylic acids is 2. The fourth-order valence-corrected chi connectivity index (χ4v) is 7.56. The van der Waals surface area contributed by atoms with Gasteiger partial charge in [0.05, 0.1) is 24.4 Å². The highest BCUT2D eigenvalue weighted by Gasteiger charge is 2.75. The number of Topliss-reactive ketones (excluding diaryl/α,β-unsaturated/α-hetero) is 1. The van der Waals surface area contributed by atoms with Crippen LogP contribution in [0.15, 0.2) is 41.5 Å². The van der Waals surface area contributed by atoms with Crippen LogP contribution in [0.1, 0.15) is 57.8 Å². The maximum absolute atomic E-state index is 14.2. The van der Waals surface area contributed by atoms with E-state index >= 15 is 0 Å². The Morgan fingerprint density at radius 2 is 1.75 bits per heavy atom. The third kappa shape index (κ3) is 3.05. The van der Waals surface area contributed by atoms with Gasteiger partial charge in [-0.1, -0.05) is 45.9 Å². The Kier molecular flexibility index (Phi) is 5.64. The third-order valence-corrected chi connectivity index (χ3v) is 10.1. The zero-order valence-electron chi connectivity index (χ0n) is 21.4. The number of esters is 1. The van der Waals surface area contributed by atoms with Crippen molar-refractivity contribution in [2.24, 2.45) is 22.7 Å². The van der Waals surface area contributed by atoms with Crippen LogP contribution in [0.5, 0.6) is 0 Å². The zero-order valence-corrected chi connectivity index (χ0v) is 21.4. The van der Waals surface area contributed by atoms with Crippen LogP contribution in [-0.2, 0) is 14.3 Å². The molecule has 0 spiro atoms. The molecule has 1 heterocycles. The van der Waals surface area contributed by atoms with Crippen molar-refractivity contribution < 1.29 is 39.5 Å². The van der Waals surface area contributed by atoms with E-state index in [0.717, 1.165) is 0 Å². The Hall–Kier alpha value is -2.10. The molecule has 196 valence electrons. The van der Waals surface area contributed by atoms with E-state index in [4.69, 9.17) is 9.47 Å². The second-order valence-electron chi connectivity index (χ2n) is 12.0. The Bertz CT molecular complexity index is 1130. The fraction of sp³-hybridized carbons (Fsp3) is 0.643. The lowest BCUT2D eigenvalue weighted by Crippen LogP contribution is -2.80. The number of carbonyl (C=O) groups is 2. The number of ether oxygens (including phenoxy) is 2. The van der Waals surface area contributed by atoms with Gasteiger partial charge in [0.1, 0.15) is 23.4 Å². The molecule has 8 nitrogen and oxygen atoms in total. The number of aliphatic hydroxyl groups excluding tert-OH is 2. The van der Waals surface area contributed by atoms with Crippen LogP contribution in [0.3, 0.4) is 0 Å². The van der Waals surface area contributed by atoms with Crippen LogP contribution in [0.2, 0.25) is 0 Å². The van der Waals surface area contributed by atoms with E-state index in [1.165, 1.54) is 0 Å². The summed E-state index contributed by atoms with van der Waals surface area (Å²) in [5, 5.41) is 47.0. The maximum Gasteiger partial charge on any atom is 0.338 e. The molecule has 0 radical (unpaired) electrons. The van der Waals surface area contributed by atoms with Crippen molar-refractivity contribution in [3.8, 4) is 0 Å². The molecule has 8 heteroatoms. The quantitative estimate of drug-likeness (QED) is 0.357. The lowest BCUT2D eigenvalue weighted by atomic mass is 9.43. The van der Waals surface area contributed by atoms with Crippen molar-refractivity contribution in [2.75, 3.05) is 6.61 Å². The average Bonchev–Trinajstić information content (AvgIpc) is 2.83. The molecule has 3 aliphatic carbocycles. The summed E-state index contributed by atoms with van der Waals surface area (Å²) in [6, 6.07) is 8.33. The van der Waals surface area contributed by atoms with Gasteiger partial charge in [-0.2, -0.15) is 0 Å². The SMILES string of the molecule is CC1=C2C(O)C(=O)C3(C)C(C)CC4OCC4(O)C3C(OC(=O)c3ccccc3)C(O)(CC1O)C2(C)C. The molecule has 5 rings (SSSR count). The van der Waals surface area contributed by atoms with Gasteiger partial charge in [-0.05, 0) is 42.5 Å². The lowest BCUT2D eigenvalue weighted by molar-refractivity contribution is -0.337. The average molecular weight is 501 g/mol. The minimum atomic E-state index is -1.91. The third-order valence-electron chi connectivity index (χ3n) is 10.1. The number of ketones is 1. The summed E-state index contributed by atoms with van der Waals surface area (Å²) in [6.07, 6.45) is -4.56. The van der Waals surface area contributed by atoms with Gasteiger partial charge in [0.2, 0.25) is 0 Å². The lowest BCUT2D eigenvalue weighted by Gasteiger charge is -2.67. The summed E-state index contributed by atoms with van der Waals surface area (Å²) < 4.78 is 11.8. The molecule has 36 heavy (non-hydrogen) atoms. The van der Waals surface area contributed by atoms with E-state index < -0.39 is 64.1 Å². The smallest absolute Gasteiger partial charge is 0.338 e. The van der Waals surface area contributed by atoms with Crippen LogP contribution in [0.25, 0.3) is 0 Å². The van der Waals surface area contributed by atoms with Gasteiger partial charge in [-0.3, -0.25) is 4.79 Å². The van der Waals surface area contributed by atoms with Gasteiger partial charge in [-0.15, -0.1) is 0 Å². The van der Waals surface area contributed by atoms with Gasteiger partial charge < -0.3 is 29.9 Å². The molecule has 1 aliphatic heterocycles. The number of hydrogen-bond acceptors (Lipinski definition) is 8. The summed E-state index contributed by atoms with van der Waals surface area (Å²) in [5.74, 6) is -2.66. The first-order valence-electron chi connectivity index (χ1n) is 12.6. The maximum atomic E-state index is 14.2. The number of hydrogen-bond donors (Lipinski definition) is 4. The number of fused-ring (bicyclic) bond motifs is 5. The van der Waals surface area contributed by atoms with Crippen LogP contribution in [-0.4, -0.2) is 74.4 Å². The molecule has 0 aromatic heterocycles. The summed E-state index contributed by atoms with van der Waals surface area (Å²) in [6.45, 7) is 8.48. The van der Waals surface area contributed by atoms with Crippen molar-refractivity contribution in [2.45, 2.75) is 83.1 Å². The predicted molar refractivity (Wildman–Crippen MR) is 129 cm³/mol. The predicted octanol–water partition coefficient (Wildman–Crippen LogP) is 1.79. The van der Waals surface area contributed by atoms with Gasteiger partial charge in [0.25, 0.3) is 0 Å². The van der Waals surface area contributed by atoms with E-state index in [2.05, 4.69) is 0 Å². The molecule has 2 saturated carbocycles. The van der Waals surface area contributed by atoms with Crippen molar-refractivity contribution >= 4 is 11.8 Å². The minimum absolute atomic E-state index is 0.0891. The highest BCUT2D eigenvalue weighted by Crippen LogP contribution is 2.64. The van der Waals surface area contributed by atoms with Gasteiger partial charge in [0.15, 0.2) is 5.78 Å². The monoisotopic (exact) mass is 500 g/mol. The highest BCUT2D eigenvalue weighted by atomic mass is 16.6. The molecular formula is C28H36O8. The molecule has 1 aromatic rings. The second kappa shape index (κ2) is 7.95. The van der Waals surface area contributed by atoms with Crippen molar-refractivity contribution in [3.63, 3.8) is 0 Å². The summed E-state index contributed by atoms with van der Waals surface area (Å²) in [4.78, 5) is 27.6. The standard InChI is InChI=1S/C28H36O8/c1-14-11-18-27(33,13-35-18)21-23(36-24(32)16-9-7-6-8-10-16)28(34)12-17(29)15(2)19(25(28,3)4)20(30)22(31)26(14,21)5/h6-10,14,17-18,20-21,23,29-30,33-34H,11-13H2,1-5H3. The van der Waals surface area contributed by atoms with Crippen LogP contribution < -0.4 is 0 Å². The number of rotatable bonds is 2. The fourth-order valence-electron chi connectivity index (χ4n) is 7.56. The molecule has 1 saturated heterocycles. The Balaban J connectivity index is 1.78. The first-order chi connectivity index (χ1) is 16.7. The second-order valence-corrected chi connectivity index (χ2v) is 12.0. The first kappa shape index (κ1) is 25.5. The molecule has 4 N–H and O–H groups in total.